The lowest BCUT2D eigenvalue weighted by atomic mass is 10.2. The third kappa shape index (κ3) is 4.91. The number of pyridine rings is 1. The summed E-state index contributed by atoms with van der Waals surface area (Å²) in [6.45, 7) is 0.223. The van der Waals surface area contributed by atoms with E-state index in [1.165, 1.54) is 0 Å². The van der Waals surface area contributed by atoms with Gasteiger partial charge in [-0.15, -0.1) is 0 Å². The third-order valence-corrected chi connectivity index (χ3v) is 3.75. The van der Waals surface area contributed by atoms with Gasteiger partial charge in [0.05, 0.1) is 12.8 Å². The van der Waals surface area contributed by atoms with Gasteiger partial charge < -0.3 is 20.5 Å². The molecule has 1 aromatic carbocycles. The van der Waals surface area contributed by atoms with Crippen molar-refractivity contribution in [2.24, 2.45) is 0 Å². The van der Waals surface area contributed by atoms with Gasteiger partial charge in [0.1, 0.15) is 18.1 Å². The molecule has 3 rings (SSSR count). The van der Waals surface area contributed by atoms with Crippen molar-refractivity contribution >= 4 is 17.7 Å². The van der Waals surface area contributed by atoms with Crippen LogP contribution in [0.3, 0.4) is 0 Å². The van der Waals surface area contributed by atoms with Crippen molar-refractivity contribution in [1.29, 1.82) is 0 Å². The zero-order chi connectivity index (χ0) is 19.1. The molecular weight excluding hydrogens is 346 g/mol. The third-order valence-electron chi connectivity index (χ3n) is 3.75. The van der Waals surface area contributed by atoms with Crippen molar-refractivity contribution in [3.63, 3.8) is 0 Å². The minimum Gasteiger partial charge on any atom is -0.496 e. The number of carbonyl (C=O) groups is 1. The maximum atomic E-state index is 10.8. The second kappa shape index (κ2) is 8.61. The van der Waals surface area contributed by atoms with Gasteiger partial charge in [0.2, 0.25) is 5.95 Å². The lowest BCUT2D eigenvalue weighted by Gasteiger charge is -2.12. The number of nitrogens with one attached hydrogen (secondary N) is 2. The van der Waals surface area contributed by atoms with Gasteiger partial charge in [-0.3, -0.25) is 9.78 Å². The number of ether oxygens (including phenoxy) is 1. The first-order valence-corrected chi connectivity index (χ1v) is 8.26. The molecule has 8 nitrogen and oxygen atoms in total. The van der Waals surface area contributed by atoms with Crippen LogP contribution in [0.4, 0.5) is 11.8 Å². The van der Waals surface area contributed by atoms with Crippen molar-refractivity contribution < 1.29 is 14.6 Å². The van der Waals surface area contributed by atoms with Gasteiger partial charge in [0.15, 0.2) is 0 Å². The number of hydrogen-bond donors (Lipinski definition) is 3. The molecule has 0 aliphatic carbocycles. The molecule has 0 radical (unpaired) electrons. The van der Waals surface area contributed by atoms with Crippen molar-refractivity contribution in [1.82, 2.24) is 15.0 Å². The monoisotopic (exact) mass is 365 g/mol. The highest BCUT2D eigenvalue weighted by molar-refractivity contribution is 5.72. The normalized spacial score (nSPS) is 10.3. The first-order chi connectivity index (χ1) is 13.2. The lowest BCUT2D eigenvalue weighted by molar-refractivity contribution is -0.134. The number of anilines is 2. The van der Waals surface area contributed by atoms with Crippen molar-refractivity contribution in [3.8, 4) is 17.0 Å². The number of methoxy groups -OCH3 is 1. The number of aliphatic carboxylic acids is 1. The fourth-order valence-electron chi connectivity index (χ4n) is 2.48. The number of carboxylic acid groups (broad SMARTS) is 1. The number of rotatable bonds is 8. The number of para-hydroxylation sites is 1. The highest BCUT2D eigenvalue weighted by Crippen LogP contribution is 2.23. The summed E-state index contributed by atoms with van der Waals surface area (Å²) in [6.07, 6.45) is 3.34. The van der Waals surface area contributed by atoms with E-state index in [1.54, 1.807) is 25.6 Å². The van der Waals surface area contributed by atoms with E-state index in [1.807, 2.05) is 36.4 Å². The predicted molar refractivity (Wildman–Crippen MR) is 102 cm³/mol. The van der Waals surface area contributed by atoms with Crippen molar-refractivity contribution in [3.05, 3.63) is 60.4 Å². The molecule has 0 amide bonds. The number of hydrogen-bond acceptors (Lipinski definition) is 7. The minimum absolute atomic E-state index is 0.231. The summed E-state index contributed by atoms with van der Waals surface area (Å²) in [5.41, 5.74) is 2.48. The van der Waals surface area contributed by atoms with Crippen LogP contribution in [0.25, 0.3) is 11.3 Å². The zero-order valence-electron chi connectivity index (χ0n) is 14.7. The lowest BCUT2D eigenvalue weighted by Crippen LogP contribution is -2.15. The average Bonchev–Trinajstić information content (AvgIpc) is 2.71. The standard InChI is InChI=1S/C19H19N5O3/c1-27-16-5-3-2-4-14(16)11-21-17-10-15(13-6-8-20-9-7-13)23-19(24-17)22-12-18(25)26/h2-10H,11-12H2,1H3,(H,25,26)(H2,21,22,23,24). The van der Waals surface area contributed by atoms with Gasteiger partial charge in [0, 0.05) is 36.1 Å². The quantitative estimate of drug-likeness (QED) is 0.559. The fraction of sp³-hybridized carbons (Fsp3) is 0.158. The van der Waals surface area contributed by atoms with E-state index < -0.39 is 5.97 Å². The SMILES string of the molecule is COc1ccccc1CNc1cc(-c2ccncc2)nc(NCC(=O)O)n1. The molecule has 0 aliphatic rings. The Morgan fingerprint density at radius 2 is 1.89 bits per heavy atom. The van der Waals surface area contributed by atoms with Gasteiger partial charge in [0.25, 0.3) is 0 Å². The molecule has 0 saturated heterocycles. The van der Waals surface area contributed by atoms with Crippen LogP contribution in [0.2, 0.25) is 0 Å². The summed E-state index contributed by atoms with van der Waals surface area (Å²) in [6, 6.07) is 13.1. The van der Waals surface area contributed by atoms with Crippen molar-refractivity contribution in [2.75, 3.05) is 24.3 Å². The van der Waals surface area contributed by atoms with Crippen LogP contribution in [-0.4, -0.2) is 39.7 Å². The van der Waals surface area contributed by atoms with E-state index in [0.717, 1.165) is 16.9 Å². The average molecular weight is 365 g/mol. The van der Waals surface area contributed by atoms with E-state index in [-0.39, 0.29) is 12.5 Å². The predicted octanol–water partition coefficient (Wildman–Crippen LogP) is 2.66. The second-order valence-corrected chi connectivity index (χ2v) is 5.61. The highest BCUT2D eigenvalue weighted by atomic mass is 16.5. The Labute approximate surface area is 156 Å². The Bertz CT molecular complexity index is 918. The summed E-state index contributed by atoms with van der Waals surface area (Å²) in [5.74, 6) is 0.582. The molecule has 0 spiro atoms. The van der Waals surface area contributed by atoms with Crippen molar-refractivity contribution in [2.45, 2.75) is 6.54 Å². The first kappa shape index (κ1) is 18.1. The van der Waals surface area contributed by atoms with E-state index in [9.17, 15) is 4.79 Å². The van der Waals surface area contributed by atoms with Gasteiger partial charge in [-0.25, -0.2) is 4.98 Å². The summed E-state index contributed by atoms with van der Waals surface area (Å²) in [7, 11) is 1.62. The molecule has 3 N–H and O–H groups in total. The largest absolute Gasteiger partial charge is 0.496 e. The zero-order valence-corrected chi connectivity index (χ0v) is 14.7. The van der Waals surface area contributed by atoms with E-state index >= 15 is 0 Å². The van der Waals surface area contributed by atoms with Crippen LogP contribution in [-0.2, 0) is 11.3 Å². The Morgan fingerprint density at radius 1 is 1.11 bits per heavy atom. The van der Waals surface area contributed by atoms with Crippen LogP contribution < -0.4 is 15.4 Å². The van der Waals surface area contributed by atoms with Gasteiger partial charge in [-0.2, -0.15) is 4.98 Å². The topological polar surface area (TPSA) is 109 Å². The van der Waals surface area contributed by atoms with Crippen LogP contribution in [0.15, 0.2) is 54.9 Å². The van der Waals surface area contributed by atoms with E-state index in [4.69, 9.17) is 9.84 Å². The number of benzene rings is 1. The molecule has 0 bridgehead atoms. The molecule has 0 aliphatic heterocycles. The fourth-order valence-corrected chi connectivity index (χ4v) is 2.48. The highest BCUT2D eigenvalue weighted by Gasteiger charge is 2.09. The Balaban J connectivity index is 1.86. The molecule has 0 fully saturated rings. The molecule has 0 atom stereocenters. The van der Waals surface area contributed by atoms with Crippen LogP contribution in [0, 0.1) is 0 Å². The smallest absolute Gasteiger partial charge is 0.322 e. The minimum atomic E-state index is -0.989. The van der Waals surface area contributed by atoms with Gasteiger partial charge in [-0.1, -0.05) is 18.2 Å². The van der Waals surface area contributed by atoms with Crippen LogP contribution in [0.5, 0.6) is 5.75 Å². The van der Waals surface area contributed by atoms with E-state index in [2.05, 4.69) is 25.6 Å². The molecule has 27 heavy (non-hydrogen) atoms. The molecule has 0 saturated carbocycles. The molecule has 2 heterocycles. The van der Waals surface area contributed by atoms with Crippen LogP contribution >= 0.6 is 0 Å². The maximum Gasteiger partial charge on any atom is 0.322 e. The summed E-state index contributed by atoms with van der Waals surface area (Å²) in [4.78, 5) is 23.6. The summed E-state index contributed by atoms with van der Waals surface area (Å²) >= 11 is 0. The Hall–Kier alpha value is -3.68. The number of nitrogens with zero attached hydrogens (tertiary/aromatic N) is 3. The molecular formula is C19H19N5O3. The van der Waals surface area contributed by atoms with E-state index in [0.29, 0.717) is 18.1 Å². The molecule has 2 aromatic heterocycles. The Morgan fingerprint density at radius 3 is 2.63 bits per heavy atom. The number of aromatic nitrogens is 3. The molecule has 8 heteroatoms. The maximum absolute atomic E-state index is 10.8. The molecule has 0 unspecified atom stereocenters. The number of carboxylic acids is 1. The Kier molecular flexibility index (Phi) is 5.78. The summed E-state index contributed by atoms with van der Waals surface area (Å²) in [5, 5.41) is 14.8. The molecule has 3 aromatic rings. The summed E-state index contributed by atoms with van der Waals surface area (Å²) < 4.78 is 5.36. The van der Waals surface area contributed by atoms with Gasteiger partial charge in [-0.05, 0) is 18.2 Å². The molecule has 138 valence electrons. The van der Waals surface area contributed by atoms with Crippen LogP contribution in [0.1, 0.15) is 5.56 Å². The first-order valence-electron chi connectivity index (χ1n) is 8.26. The van der Waals surface area contributed by atoms with Gasteiger partial charge >= 0.3 is 5.97 Å². The second-order valence-electron chi connectivity index (χ2n) is 5.61.